The minimum absolute atomic E-state index is 0. The summed E-state index contributed by atoms with van der Waals surface area (Å²) in [6.07, 6.45) is 0.652. The van der Waals surface area contributed by atoms with Crippen LogP contribution in [-0.2, 0) is 11.3 Å². The number of methoxy groups -OCH3 is 1. The van der Waals surface area contributed by atoms with Crippen molar-refractivity contribution in [3.05, 3.63) is 22.7 Å². The van der Waals surface area contributed by atoms with Crippen LogP contribution < -0.4 is 20.5 Å². The van der Waals surface area contributed by atoms with Crippen molar-refractivity contribution in [2.24, 2.45) is 11.7 Å². The smallest absolute Gasteiger partial charge is 0.237 e. The predicted molar refractivity (Wildman–Crippen MR) is 95.7 cm³/mol. The van der Waals surface area contributed by atoms with E-state index in [0.29, 0.717) is 42.0 Å². The second kappa shape index (κ2) is 10.6. The van der Waals surface area contributed by atoms with E-state index in [0.717, 1.165) is 5.56 Å². The van der Waals surface area contributed by atoms with Crippen LogP contribution in [0.2, 0.25) is 5.02 Å². The van der Waals surface area contributed by atoms with Gasteiger partial charge in [0.2, 0.25) is 5.91 Å². The quantitative estimate of drug-likeness (QED) is 0.742. The van der Waals surface area contributed by atoms with Gasteiger partial charge in [0, 0.05) is 6.54 Å². The molecule has 0 saturated heterocycles. The molecule has 0 radical (unpaired) electrons. The summed E-state index contributed by atoms with van der Waals surface area (Å²) in [6.45, 7) is 6.78. The average molecular weight is 365 g/mol. The number of rotatable bonds is 8. The van der Waals surface area contributed by atoms with E-state index in [4.69, 9.17) is 26.8 Å². The van der Waals surface area contributed by atoms with E-state index in [-0.39, 0.29) is 18.3 Å². The van der Waals surface area contributed by atoms with Crippen molar-refractivity contribution in [1.29, 1.82) is 0 Å². The number of amides is 1. The van der Waals surface area contributed by atoms with Crippen LogP contribution in [0, 0.1) is 5.92 Å². The number of benzene rings is 1. The molecule has 0 spiro atoms. The van der Waals surface area contributed by atoms with Crippen molar-refractivity contribution in [3.63, 3.8) is 0 Å². The molecule has 0 saturated carbocycles. The van der Waals surface area contributed by atoms with Crippen LogP contribution in [0.5, 0.6) is 11.5 Å². The average Bonchev–Trinajstić information content (AvgIpc) is 2.46. The van der Waals surface area contributed by atoms with Crippen LogP contribution in [0.1, 0.15) is 32.8 Å². The molecule has 3 N–H and O–H groups in total. The number of hydrogen-bond acceptors (Lipinski definition) is 4. The fourth-order valence-corrected chi connectivity index (χ4v) is 2.38. The van der Waals surface area contributed by atoms with Gasteiger partial charge in [-0.05, 0) is 37.0 Å². The third-order valence-electron chi connectivity index (χ3n) is 3.11. The molecule has 23 heavy (non-hydrogen) atoms. The van der Waals surface area contributed by atoms with E-state index in [2.05, 4.69) is 5.32 Å². The summed E-state index contributed by atoms with van der Waals surface area (Å²) >= 11 is 6.20. The number of nitrogens with one attached hydrogen (secondary N) is 1. The lowest BCUT2D eigenvalue weighted by molar-refractivity contribution is -0.122. The molecule has 0 bridgehead atoms. The van der Waals surface area contributed by atoms with E-state index in [1.165, 1.54) is 0 Å². The molecule has 7 heteroatoms. The lowest BCUT2D eigenvalue weighted by Gasteiger charge is -2.16. The van der Waals surface area contributed by atoms with Crippen molar-refractivity contribution in [2.75, 3.05) is 13.7 Å². The van der Waals surface area contributed by atoms with Crippen LogP contribution in [-0.4, -0.2) is 25.7 Å². The lowest BCUT2D eigenvalue weighted by atomic mass is 10.0. The summed E-state index contributed by atoms with van der Waals surface area (Å²) in [5, 5.41) is 3.27. The third kappa shape index (κ3) is 6.85. The van der Waals surface area contributed by atoms with Gasteiger partial charge < -0.3 is 20.5 Å². The first-order valence-electron chi connectivity index (χ1n) is 7.41. The van der Waals surface area contributed by atoms with Gasteiger partial charge >= 0.3 is 0 Å². The van der Waals surface area contributed by atoms with Crippen LogP contribution in [0.25, 0.3) is 0 Å². The molecule has 0 aliphatic heterocycles. The Morgan fingerprint density at radius 2 is 2.04 bits per heavy atom. The highest BCUT2D eigenvalue weighted by Gasteiger charge is 2.16. The molecule has 0 unspecified atom stereocenters. The van der Waals surface area contributed by atoms with Gasteiger partial charge in [0.25, 0.3) is 0 Å². The number of carbonyl (C=O) groups excluding carboxylic acids is 1. The van der Waals surface area contributed by atoms with E-state index >= 15 is 0 Å². The molecule has 0 fully saturated rings. The summed E-state index contributed by atoms with van der Waals surface area (Å²) in [7, 11) is 1.55. The Labute approximate surface area is 149 Å². The zero-order valence-corrected chi connectivity index (χ0v) is 15.6. The first-order chi connectivity index (χ1) is 10.4. The first-order valence-corrected chi connectivity index (χ1v) is 7.79. The van der Waals surface area contributed by atoms with Gasteiger partial charge in [0.15, 0.2) is 11.5 Å². The molecular formula is C16H26Cl2N2O3. The topological polar surface area (TPSA) is 73.6 Å². The Morgan fingerprint density at radius 1 is 1.39 bits per heavy atom. The maximum atomic E-state index is 11.9. The normalized spacial score (nSPS) is 11.6. The highest BCUT2D eigenvalue weighted by atomic mass is 35.5. The number of halogens is 2. The molecule has 0 heterocycles. The number of nitrogens with two attached hydrogens (primary N) is 1. The van der Waals surface area contributed by atoms with Crippen molar-refractivity contribution in [3.8, 4) is 11.5 Å². The molecule has 0 aromatic heterocycles. The molecule has 0 aliphatic carbocycles. The number of hydrogen-bond donors (Lipinski definition) is 2. The molecule has 1 atom stereocenters. The number of ether oxygens (including phenoxy) is 2. The van der Waals surface area contributed by atoms with E-state index in [9.17, 15) is 4.79 Å². The minimum Gasteiger partial charge on any atom is -0.493 e. The fourth-order valence-electron chi connectivity index (χ4n) is 2.09. The van der Waals surface area contributed by atoms with Crippen LogP contribution in [0.3, 0.4) is 0 Å². The van der Waals surface area contributed by atoms with Crippen LogP contribution in [0.4, 0.5) is 0 Å². The van der Waals surface area contributed by atoms with Gasteiger partial charge in [-0.15, -0.1) is 12.4 Å². The minimum atomic E-state index is -0.500. The highest BCUT2D eigenvalue weighted by molar-refractivity contribution is 6.32. The van der Waals surface area contributed by atoms with Crippen molar-refractivity contribution < 1.29 is 14.3 Å². The molecule has 1 rings (SSSR count). The maximum Gasteiger partial charge on any atom is 0.237 e. The second-order valence-electron chi connectivity index (χ2n) is 5.50. The zero-order valence-electron chi connectivity index (χ0n) is 14.0. The predicted octanol–water partition coefficient (Wildman–Crippen LogP) is 3.16. The Morgan fingerprint density at radius 3 is 2.57 bits per heavy atom. The van der Waals surface area contributed by atoms with Gasteiger partial charge in [-0.1, -0.05) is 25.4 Å². The van der Waals surface area contributed by atoms with Gasteiger partial charge in [0.05, 0.1) is 24.8 Å². The summed E-state index contributed by atoms with van der Waals surface area (Å²) in [4.78, 5) is 11.9. The van der Waals surface area contributed by atoms with Crippen molar-refractivity contribution >= 4 is 29.9 Å². The largest absolute Gasteiger partial charge is 0.493 e. The first kappa shape index (κ1) is 21.8. The number of carbonyl (C=O) groups is 1. The molecular weight excluding hydrogens is 339 g/mol. The monoisotopic (exact) mass is 364 g/mol. The molecule has 132 valence electrons. The van der Waals surface area contributed by atoms with Gasteiger partial charge in [-0.25, -0.2) is 0 Å². The van der Waals surface area contributed by atoms with Gasteiger partial charge in [-0.2, -0.15) is 0 Å². The van der Waals surface area contributed by atoms with E-state index in [1.54, 1.807) is 19.2 Å². The van der Waals surface area contributed by atoms with Crippen molar-refractivity contribution in [2.45, 2.75) is 39.8 Å². The van der Waals surface area contributed by atoms with Crippen LogP contribution >= 0.6 is 24.0 Å². The van der Waals surface area contributed by atoms with Crippen molar-refractivity contribution in [1.82, 2.24) is 5.32 Å². The van der Waals surface area contributed by atoms with E-state index < -0.39 is 6.04 Å². The maximum absolute atomic E-state index is 11.9. The third-order valence-corrected chi connectivity index (χ3v) is 3.39. The Kier molecular flexibility index (Phi) is 10.0. The molecule has 1 aromatic carbocycles. The van der Waals surface area contributed by atoms with Gasteiger partial charge in [-0.3, -0.25) is 4.79 Å². The van der Waals surface area contributed by atoms with Gasteiger partial charge in [0.1, 0.15) is 0 Å². The SMILES string of the molecule is CCOc1c(Cl)cc(CNC(=O)[C@@H](N)CC(C)C)cc1OC.Cl. The Balaban J connectivity index is 0.00000484. The standard InChI is InChI=1S/C16H25ClN2O3.ClH/c1-5-22-15-12(17)7-11(8-14(15)21-4)9-19-16(20)13(18)6-10(2)3;/h7-8,10,13H,5-6,9,18H2,1-4H3,(H,19,20);1H/t13-;/m0./s1. The summed E-state index contributed by atoms with van der Waals surface area (Å²) in [5.74, 6) is 1.27. The Bertz CT molecular complexity index is 510. The molecule has 0 aliphatic rings. The highest BCUT2D eigenvalue weighted by Crippen LogP contribution is 2.36. The molecule has 1 aromatic rings. The Hall–Kier alpha value is -1.17. The fraction of sp³-hybridized carbons (Fsp3) is 0.562. The lowest BCUT2D eigenvalue weighted by Crippen LogP contribution is -2.41. The molecule has 1 amide bonds. The zero-order chi connectivity index (χ0) is 16.7. The van der Waals surface area contributed by atoms with Crippen LogP contribution in [0.15, 0.2) is 12.1 Å². The molecule has 5 nitrogen and oxygen atoms in total. The van der Waals surface area contributed by atoms with E-state index in [1.807, 2.05) is 20.8 Å². The summed E-state index contributed by atoms with van der Waals surface area (Å²) in [6, 6.07) is 3.05. The summed E-state index contributed by atoms with van der Waals surface area (Å²) < 4.78 is 10.7. The second-order valence-corrected chi connectivity index (χ2v) is 5.90. The summed E-state index contributed by atoms with van der Waals surface area (Å²) in [5.41, 5.74) is 6.68.